The van der Waals surface area contributed by atoms with Gasteiger partial charge in [-0.15, -0.1) is 5.75 Å². The molecule has 0 heterocycles. The van der Waals surface area contributed by atoms with Gasteiger partial charge in [-0.25, -0.2) is 8.42 Å². The summed E-state index contributed by atoms with van der Waals surface area (Å²) in [4.78, 5) is -0.602. The SMILES string of the molecule is O=S(=O)(O)c1ccc2cccc(O)c2c1.O=S(=O)([O-])c1ccc2cccc([O-])c2c1.[Ca+2]. The summed E-state index contributed by atoms with van der Waals surface area (Å²) in [5.74, 6) is -0.309. The van der Waals surface area contributed by atoms with E-state index in [9.17, 15) is 31.6 Å². The van der Waals surface area contributed by atoms with E-state index in [1.807, 2.05) is 0 Å². The minimum Gasteiger partial charge on any atom is -0.872 e. The van der Waals surface area contributed by atoms with Crippen LogP contribution in [0.15, 0.2) is 82.6 Å². The number of rotatable bonds is 2. The second-order valence-corrected chi connectivity index (χ2v) is 9.03. The Morgan fingerprint density at radius 2 is 1.23 bits per heavy atom. The normalized spacial score (nSPS) is 11.4. The second-order valence-electron chi connectivity index (χ2n) is 6.23. The minimum absolute atomic E-state index is 0. The van der Waals surface area contributed by atoms with Crippen molar-refractivity contribution in [3.05, 3.63) is 72.8 Å². The smallest absolute Gasteiger partial charge is 0.872 e. The Balaban J connectivity index is 0.000000213. The van der Waals surface area contributed by atoms with Gasteiger partial charge in [-0.2, -0.15) is 8.42 Å². The number of fused-ring (bicyclic) bond motifs is 2. The summed E-state index contributed by atoms with van der Waals surface area (Å²) in [6.07, 6.45) is 0. The molecule has 8 nitrogen and oxygen atoms in total. The Hall–Kier alpha value is -1.92. The maximum Gasteiger partial charge on any atom is 2.00 e. The maximum atomic E-state index is 11.4. The fraction of sp³-hybridized carbons (Fsp3) is 0. The Morgan fingerprint density at radius 3 is 1.81 bits per heavy atom. The second kappa shape index (κ2) is 9.70. The molecule has 0 aliphatic rings. The number of hydrogen-bond donors (Lipinski definition) is 2. The van der Waals surface area contributed by atoms with Gasteiger partial charge in [0.1, 0.15) is 15.9 Å². The summed E-state index contributed by atoms with van der Waals surface area (Å²) in [7, 11) is -8.72. The van der Waals surface area contributed by atoms with Crippen LogP contribution in [0.4, 0.5) is 0 Å². The van der Waals surface area contributed by atoms with Crippen molar-refractivity contribution in [1.82, 2.24) is 0 Å². The molecule has 4 aromatic carbocycles. The fourth-order valence-electron chi connectivity index (χ4n) is 2.77. The number of phenols is 1. The third-order valence-corrected chi connectivity index (χ3v) is 5.91. The average molecular weight is 487 g/mol. The molecule has 0 saturated heterocycles. The standard InChI is InChI=1S/2C10H8O4S.Ca/c2*11-10-3-1-2-7-4-5-8(6-9(7)10)15(12,13)14;/h2*1-6,11H,(H,12,13,14);/q;;+2/p-2. The van der Waals surface area contributed by atoms with Crippen molar-refractivity contribution in [2.45, 2.75) is 9.79 Å². The van der Waals surface area contributed by atoms with E-state index < -0.39 is 20.2 Å². The van der Waals surface area contributed by atoms with Gasteiger partial charge in [-0.3, -0.25) is 4.55 Å². The molecular formula is C20H14CaO8S2. The molecule has 0 aliphatic carbocycles. The van der Waals surface area contributed by atoms with Crippen LogP contribution in [0.5, 0.6) is 11.5 Å². The van der Waals surface area contributed by atoms with Gasteiger partial charge in [0.2, 0.25) is 0 Å². The third-order valence-electron chi connectivity index (χ3n) is 4.23. The van der Waals surface area contributed by atoms with E-state index in [0.717, 1.165) is 6.07 Å². The van der Waals surface area contributed by atoms with Gasteiger partial charge in [-0.05, 0) is 46.5 Å². The molecule has 4 rings (SSSR count). The minimum atomic E-state index is -4.50. The molecular weight excluding hydrogens is 472 g/mol. The molecule has 0 aromatic heterocycles. The molecule has 0 atom stereocenters. The van der Waals surface area contributed by atoms with E-state index in [2.05, 4.69) is 0 Å². The van der Waals surface area contributed by atoms with E-state index >= 15 is 0 Å². The van der Waals surface area contributed by atoms with Gasteiger partial charge in [0.25, 0.3) is 10.1 Å². The molecule has 0 spiro atoms. The van der Waals surface area contributed by atoms with Crippen molar-refractivity contribution in [3.63, 3.8) is 0 Å². The largest absolute Gasteiger partial charge is 2.00 e. The van der Waals surface area contributed by atoms with Crippen LogP contribution in [0.25, 0.3) is 21.5 Å². The van der Waals surface area contributed by atoms with Crippen molar-refractivity contribution in [2.24, 2.45) is 0 Å². The third kappa shape index (κ3) is 6.07. The topological polar surface area (TPSA) is 155 Å². The molecule has 0 amide bonds. The van der Waals surface area contributed by atoms with Crippen molar-refractivity contribution in [3.8, 4) is 11.5 Å². The molecule has 0 saturated carbocycles. The van der Waals surface area contributed by atoms with Crippen LogP contribution in [0.2, 0.25) is 0 Å². The van der Waals surface area contributed by atoms with Crippen LogP contribution in [0.1, 0.15) is 0 Å². The predicted molar refractivity (Wildman–Crippen MR) is 113 cm³/mol. The molecule has 0 unspecified atom stereocenters. The number of benzene rings is 4. The molecule has 0 aliphatic heterocycles. The van der Waals surface area contributed by atoms with Crippen LogP contribution in [-0.2, 0) is 20.2 Å². The Labute approximate surface area is 208 Å². The Bertz CT molecular complexity index is 1350. The summed E-state index contributed by atoms with van der Waals surface area (Å²) >= 11 is 0. The van der Waals surface area contributed by atoms with Gasteiger partial charge in [-0.1, -0.05) is 42.5 Å². The first-order valence-corrected chi connectivity index (χ1v) is 11.2. The monoisotopic (exact) mass is 486 g/mol. The molecule has 2 N–H and O–H groups in total. The maximum absolute atomic E-state index is 11.4. The van der Waals surface area contributed by atoms with Crippen LogP contribution in [0, 0.1) is 0 Å². The van der Waals surface area contributed by atoms with Crippen molar-refractivity contribution in [2.75, 3.05) is 0 Å². The van der Waals surface area contributed by atoms with Gasteiger partial charge >= 0.3 is 37.7 Å². The number of hydrogen-bond acceptors (Lipinski definition) is 7. The summed E-state index contributed by atoms with van der Waals surface area (Å²) < 4.78 is 62.7. The van der Waals surface area contributed by atoms with Gasteiger partial charge in [0, 0.05) is 5.39 Å². The van der Waals surface area contributed by atoms with Crippen molar-refractivity contribution >= 4 is 79.5 Å². The van der Waals surface area contributed by atoms with Crippen LogP contribution in [-0.4, -0.2) is 68.8 Å². The van der Waals surface area contributed by atoms with E-state index in [1.54, 1.807) is 24.3 Å². The molecule has 31 heavy (non-hydrogen) atoms. The van der Waals surface area contributed by atoms with Gasteiger partial charge in [0.05, 0.1) is 9.79 Å². The Morgan fingerprint density at radius 1 is 0.710 bits per heavy atom. The quantitative estimate of drug-likeness (QED) is 0.323. The molecule has 0 radical (unpaired) electrons. The first kappa shape index (κ1) is 25.3. The zero-order chi connectivity index (χ0) is 22.1. The predicted octanol–water partition coefficient (Wildman–Crippen LogP) is 2.23. The number of phenolic OH excluding ortho intramolecular Hbond substituents is 1. The molecule has 0 bridgehead atoms. The van der Waals surface area contributed by atoms with Crippen LogP contribution in [0.3, 0.4) is 0 Å². The van der Waals surface area contributed by atoms with Crippen molar-refractivity contribution in [1.29, 1.82) is 0 Å². The summed E-state index contributed by atoms with van der Waals surface area (Å²) in [6, 6.07) is 17.2. The fourth-order valence-corrected chi connectivity index (χ4v) is 3.78. The first-order valence-electron chi connectivity index (χ1n) is 8.32. The zero-order valence-corrected chi connectivity index (χ0v) is 19.6. The average Bonchev–Trinajstić information content (AvgIpc) is 2.67. The zero-order valence-electron chi connectivity index (χ0n) is 15.8. The van der Waals surface area contributed by atoms with E-state index in [1.165, 1.54) is 42.5 Å². The molecule has 156 valence electrons. The van der Waals surface area contributed by atoms with Gasteiger partial charge < -0.3 is 14.8 Å². The number of aromatic hydroxyl groups is 1. The first-order chi connectivity index (χ1) is 14.0. The molecule has 0 fully saturated rings. The van der Waals surface area contributed by atoms with E-state index in [4.69, 9.17) is 4.55 Å². The van der Waals surface area contributed by atoms with E-state index in [-0.39, 0.29) is 64.4 Å². The van der Waals surface area contributed by atoms with E-state index in [0.29, 0.717) is 16.2 Å². The summed E-state index contributed by atoms with van der Waals surface area (Å²) in [6.45, 7) is 0. The Kier molecular flexibility index (Phi) is 7.93. The summed E-state index contributed by atoms with van der Waals surface area (Å²) in [5.41, 5.74) is 0. The van der Waals surface area contributed by atoms with Gasteiger partial charge in [0.15, 0.2) is 0 Å². The van der Waals surface area contributed by atoms with Crippen molar-refractivity contribution < 1.29 is 36.2 Å². The van der Waals surface area contributed by atoms with Crippen LogP contribution < -0.4 is 5.11 Å². The molecule has 11 heteroatoms. The van der Waals surface area contributed by atoms with Crippen LogP contribution >= 0.6 is 0 Å². The molecule has 4 aromatic rings. The summed E-state index contributed by atoms with van der Waals surface area (Å²) in [5, 5.41) is 22.8.